The molecule has 0 spiro atoms. The number of nitrogens with zero attached hydrogens (tertiary/aromatic N) is 4. The van der Waals surface area contributed by atoms with Gasteiger partial charge in [-0.2, -0.15) is 0 Å². The Kier molecular flexibility index (Phi) is 4.41. The minimum atomic E-state index is 0.577. The van der Waals surface area contributed by atoms with Crippen molar-refractivity contribution in [2.24, 2.45) is 0 Å². The van der Waals surface area contributed by atoms with E-state index in [2.05, 4.69) is 22.3 Å². The third-order valence-electron chi connectivity index (χ3n) is 3.87. The van der Waals surface area contributed by atoms with Crippen LogP contribution in [0, 0.1) is 0 Å². The van der Waals surface area contributed by atoms with Gasteiger partial charge in [-0.25, -0.2) is 4.68 Å². The molecule has 0 saturated carbocycles. The number of fused-ring (bicyclic) bond motifs is 1. The smallest absolute Gasteiger partial charge is 0.123 e. The first-order chi connectivity index (χ1) is 10.2. The molecule has 6 heteroatoms. The first kappa shape index (κ1) is 14.4. The van der Waals surface area contributed by atoms with Crippen molar-refractivity contribution in [2.45, 2.75) is 19.4 Å². The Morgan fingerprint density at radius 3 is 2.81 bits per heavy atom. The summed E-state index contributed by atoms with van der Waals surface area (Å²) in [4.78, 5) is 2.33. The van der Waals surface area contributed by atoms with Gasteiger partial charge in [-0.3, -0.25) is 0 Å². The number of likely N-dealkylation sites (N-methyl/N-ethyl adjacent to an activating group) is 1. The monoisotopic (exact) mass is 306 g/mol. The van der Waals surface area contributed by atoms with Gasteiger partial charge < -0.3 is 9.64 Å². The summed E-state index contributed by atoms with van der Waals surface area (Å²) in [6.45, 7) is 3.34. The van der Waals surface area contributed by atoms with Crippen LogP contribution in [0.25, 0.3) is 0 Å². The van der Waals surface area contributed by atoms with Crippen molar-refractivity contribution in [3.05, 3.63) is 40.7 Å². The number of rotatable bonds is 4. The summed E-state index contributed by atoms with van der Waals surface area (Å²) in [5.41, 5.74) is 2.49. The van der Waals surface area contributed by atoms with Crippen molar-refractivity contribution in [3.63, 3.8) is 0 Å². The largest absolute Gasteiger partial charge is 0.491 e. The van der Waals surface area contributed by atoms with Gasteiger partial charge in [0.1, 0.15) is 12.4 Å². The first-order valence-corrected chi connectivity index (χ1v) is 7.57. The van der Waals surface area contributed by atoms with E-state index in [1.807, 2.05) is 18.3 Å². The zero-order valence-electron chi connectivity index (χ0n) is 12.1. The summed E-state index contributed by atoms with van der Waals surface area (Å²) in [7, 11) is 2.14. The molecule has 2 heterocycles. The van der Waals surface area contributed by atoms with Gasteiger partial charge in [0.25, 0.3) is 0 Å². The van der Waals surface area contributed by atoms with Gasteiger partial charge in [-0.15, -0.1) is 5.10 Å². The van der Waals surface area contributed by atoms with Crippen molar-refractivity contribution in [1.82, 2.24) is 19.9 Å². The average Bonchev–Trinajstić information content (AvgIpc) is 2.91. The number of hydrogen-bond acceptors (Lipinski definition) is 4. The van der Waals surface area contributed by atoms with Crippen LogP contribution in [0.3, 0.4) is 0 Å². The number of benzene rings is 1. The maximum Gasteiger partial charge on any atom is 0.123 e. The van der Waals surface area contributed by atoms with Gasteiger partial charge in [-0.1, -0.05) is 16.8 Å². The third kappa shape index (κ3) is 3.36. The summed E-state index contributed by atoms with van der Waals surface area (Å²) < 4.78 is 7.72. The molecule has 5 nitrogen and oxygen atoms in total. The van der Waals surface area contributed by atoms with E-state index in [-0.39, 0.29) is 0 Å². The second kappa shape index (κ2) is 6.45. The third-order valence-corrected chi connectivity index (χ3v) is 4.22. The maximum absolute atomic E-state index is 6.35. The van der Waals surface area contributed by atoms with Crippen molar-refractivity contribution in [1.29, 1.82) is 0 Å². The number of halogens is 1. The Morgan fingerprint density at radius 1 is 1.24 bits per heavy atom. The molecule has 3 rings (SSSR count). The quantitative estimate of drug-likeness (QED) is 0.867. The molecule has 21 heavy (non-hydrogen) atoms. The molecule has 0 unspecified atom stereocenters. The van der Waals surface area contributed by atoms with E-state index in [9.17, 15) is 0 Å². The van der Waals surface area contributed by atoms with Gasteiger partial charge in [0.05, 0.1) is 12.7 Å². The van der Waals surface area contributed by atoms with Crippen LogP contribution in [0.5, 0.6) is 5.75 Å². The number of ether oxygens (including phenoxy) is 1. The van der Waals surface area contributed by atoms with Crippen molar-refractivity contribution >= 4 is 11.6 Å². The minimum Gasteiger partial charge on any atom is -0.491 e. The van der Waals surface area contributed by atoms with Crippen LogP contribution in [0.4, 0.5) is 0 Å². The fraction of sp³-hybridized carbons (Fsp3) is 0.467. The predicted molar refractivity (Wildman–Crippen MR) is 81.9 cm³/mol. The molecule has 0 saturated heterocycles. The lowest BCUT2D eigenvalue weighted by atomic mass is 10.0. The molecule has 0 fully saturated rings. The zero-order chi connectivity index (χ0) is 14.7. The Hall–Kier alpha value is -1.59. The molecule has 0 bridgehead atoms. The Bertz CT molecular complexity index is 600. The molecule has 2 aromatic rings. The molecule has 112 valence electrons. The van der Waals surface area contributed by atoms with Gasteiger partial charge in [0.15, 0.2) is 0 Å². The molecule has 1 aromatic carbocycles. The van der Waals surface area contributed by atoms with Crippen molar-refractivity contribution in [3.8, 4) is 5.75 Å². The van der Waals surface area contributed by atoms with Crippen molar-refractivity contribution in [2.75, 3.05) is 26.7 Å². The minimum absolute atomic E-state index is 0.577. The van der Waals surface area contributed by atoms with Crippen LogP contribution in [0.15, 0.2) is 24.5 Å². The van der Waals surface area contributed by atoms with E-state index in [4.69, 9.17) is 16.3 Å². The van der Waals surface area contributed by atoms with Gasteiger partial charge in [-0.05, 0) is 37.6 Å². The zero-order valence-corrected chi connectivity index (χ0v) is 12.9. The molecule has 0 atom stereocenters. The van der Waals surface area contributed by atoms with Gasteiger partial charge in [0, 0.05) is 29.9 Å². The van der Waals surface area contributed by atoms with E-state index in [0.717, 1.165) is 36.7 Å². The summed E-state index contributed by atoms with van der Waals surface area (Å²) in [6, 6.07) is 3.92. The van der Waals surface area contributed by atoms with E-state index < -0.39 is 0 Å². The van der Waals surface area contributed by atoms with Gasteiger partial charge in [0.2, 0.25) is 0 Å². The number of hydrogen-bond donors (Lipinski definition) is 0. The van der Waals surface area contributed by atoms with Crippen LogP contribution in [0.2, 0.25) is 5.02 Å². The summed E-state index contributed by atoms with van der Waals surface area (Å²) in [5.74, 6) is 0.949. The lowest BCUT2D eigenvalue weighted by Crippen LogP contribution is -2.20. The second-order valence-electron chi connectivity index (χ2n) is 5.32. The Balaban J connectivity index is 1.73. The predicted octanol–water partition coefficient (Wildman–Crippen LogP) is 2.04. The fourth-order valence-corrected chi connectivity index (χ4v) is 2.91. The molecule has 0 N–H and O–H groups in total. The van der Waals surface area contributed by atoms with Crippen LogP contribution in [-0.2, 0) is 19.4 Å². The van der Waals surface area contributed by atoms with Crippen LogP contribution >= 0.6 is 11.6 Å². The highest BCUT2D eigenvalue weighted by molar-refractivity contribution is 6.31. The Morgan fingerprint density at radius 2 is 2.05 bits per heavy atom. The van der Waals surface area contributed by atoms with Crippen LogP contribution in [0.1, 0.15) is 11.1 Å². The molecule has 1 aliphatic heterocycles. The summed E-state index contributed by atoms with van der Waals surface area (Å²) in [5, 5.41) is 8.57. The van der Waals surface area contributed by atoms with Crippen LogP contribution in [-0.4, -0.2) is 46.6 Å². The van der Waals surface area contributed by atoms with E-state index in [1.54, 1.807) is 10.9 Å². The molecular weight excluding hydrogens is 288 g/mol. The highest BCUT2D eigenvalue weighted by Crippen LogP contribution is 2.31. The fourth-order valence-electron chi connectivity index (χ4n) is 2.64. The highest BCUT2D eigenvalue weighted by Gasteiger charge is 2.18. The summed E-state index contributed by atoms with van der Waals surface area (Å²) in [6.07, 6.45) is 5.46. The molecule has 1 aliphatic rings. The van der Waals surface area contributed by atoms with Crippen LogP contribution < -0.4 is 4.74 Å². The van der Waals surface area contributed by atoms with E-state index in [0.29, 0.717) is 13.2 Å². The Labute approximate surface area is 129 Å². The highest BCUT2D eigenvalue weighted by atomic mass is 35.5. The topological polar surface area (TPSA) is 43.2 Å². The molecular formula is C15H19ClN4O. The molecule has 0 radical (unpaired) electrons. The lowest BCUT2D eigenvalue weighted by Gasteiger charge is -2.15. The van der Waals surface area contributed by atoms with Gasteiger partial charge >= 0.3 is 0 Å². The SMILES string of the molecule is CN1CCc2c(Cl)ccc(OCCn3ccnn3)c2CC1. The maximum atomic E-state index is 6.35. The molecule has 0 aliphatic carbocycles. The van der Waals surface area contributed by atoms with E-state index >= 15 is 0 Å². The standard InChI is InChI=1S/C15H19ClN4O/c1-19-7-4-12-13(5-8-19)15(3-2-14(12)16)21-11-10-20-9-6-17-18-20/h2-3,6,9H,4-5,7-8,10-11H2,1H3. The molecule has 0 amide bonds. The molecule has 1 aromatic heterocycles. The second-order valence-corrected chi connectivity index (χ2v) is 5.73. The lowest BCUT2D eigenvalue weighted by molar-refractivity contribution is 0.286. The summed E-state index contributed by atoms with van der Waals surface area (Å²) >= 11 is 6.35. The average molecular weight is 307 g/mol. The first-order valence-electron chi connectivity index (χ1n) is 7.20. The number of aromatic nitrogens is 3. The van der Waals surface area contributed by atoms with Crippen molar-refractivity contribution < 1.29 is 4.74 Å². The normalized spacial score (nSPS) is 15.5. The van der Waals surface area contributed by atoms with E-state index in [1.165, 1.54) is 11.1 Å².